The van der Waals surface area contributed by atoms with Gasteiger partial charge in [0, 0.05) is 12.1 Å². The van der Waals surface area contributed by atoms with E-state index >= 15 is 0 Å². The molecule has 1 aliphatic rings. The van der Waals surface area contributed by atoms with Crippen molar-refractivity contribution in [3.05, 3.63) is 42.0 Å². The van der Waals surface area contributed by atoms with Crippen LogP contribution in [0, 0.1) is 0 Å². The Bertz CT molecular complexity index is 625. The number of ether oxygens (including phenoxy) is 4. The molecule has 21 heavy (non-hydrogen) atoms. The lowest BCUT2D eigenvalue weighted by Crippen LogP contribution is -2.15. The van der Waals surface area contributed by atoms with Crippen LogP contribution in [0.4, 0.5) is 5.69 Å². The second-order valence-electron chi connectivity index (χ2n) is 4.67. The summed E-state index contributed by atoms with van der Waals surface area (Å²) in [4.78, 5) is 0. The number of hydrogen-bond donors (Lipinski definition) is 1. The molecule has 2 N–H and O–H groups in total. The molecule has 3 rings (SSSR count). The van der Waals surface area contributed by atoms with Gasteiger partial charge in [0.25, 0.3) is 0 Å². The third kappa shape index (κ3) is 2.97. The van der Waals surface area contributed by atoms with Gasteiger partial charge in [0.05, 0.1) is 12.8 Å². The van der Waals surface area contributed by atoms with Crippen LogP contribution < -0.4 is 24.7 Å². The van der Waals surface area contributed by atoms with Crippen LogP contribution in [0.25, 0.3) is 0 Å². The highest BCUT2D eigenvalue weighted by Crippen LogP contribution is 2.38. The van der Waals surface area contributed by atoms with E-state index in [0.29, 0.717) is 42.8 Å². The van der Waals surface area contributed by atoms with Crippen LogP contribution in [0.1, 0.15) is 5.56 Å². The average Bonchev–Trinajstić information content (AvgIpc) is 2.53. The lowest BCUT2D eigenvalue weighted by molar-refractivity contribution is 0.170. The Morgan fingerprint density at radius 1 is 1.05 bits per heavy atom. The number of methoxy groups -OCH3 is 1. The zero-order chi connectivity index (χ0) is 14.7. The predicted molar refractivity (Wildman–Crippen MR) is 79.2 cm³/mol. The van der Waals surface area contributed by atoms with Crippen LogP contribution >= 0.6 is 0 Å². The summed E-state index contributed by atoms with van der Waals surface area (Å²) in [5, 5.41) is 0. The maximum absolute atomic E-state index is 5.97. The van der Waals surface area contributed by atoms with Crippen LogP contribution in [-0.4, -0.2) is 20.3 Å². The van der Waals surface area contributed by atoms with Crippen molar-refractivity contribution >= 4 is 5.69 Å². The zero-order valence-corrected chi connectivity index (χ0v) is 11.8. The second kappa shape index (κ2) is 5.83. The van der Waals surface area contributed by atoms with E-state index in [-0.39, 0.29) is 0 Å². The Morgan fingerprint density at radius 2 is 1.71 bits per heavy atom. The number of rotatable bonds is 4. The van der Waals surface area contributed by atoms with Crippen molar-refractivity contribution in [2.24, 2.45) is 0 Å². The van der Waals surface area contributed by atoms with E-state index in [1.54, 1.807) is 19.2 Å². The first-order valence-corrected chi connectivity index (χ1v) is 6.71. The van der Waals surface area contributed by atoms with E-state index in [1.165, 1.54) is 0 Å². The van der Waals surface area contributed by atoms with Crippen LogP contribution in [-0.2, 0) is 6.61 Å². The van der Waals surface area contributed by atoms with Gasteiger partial charge in [-0.25, -0.2) is 0 Å². The molecule has 0 aliphatic carbocycles. The lowest BCUT2D eigenvalue weighted by atomic mass is 10.2. The van der Waals surface area contributed by atoms with Crippen LogP contribution in [0.3, 0.4) is 0 Å². The van der Waals surface area contributed by atoms with Gasteiger partial charge in [0.15, 0.2) is 11.5 Å². The molecule has 2 aromatic rings. The van der Waals surface area contributed by atoms with Gasteiger partial charge < -0.3 is 24.7 Å². The molecule has 110 valence electrons. The first-order valence-electron chi connectivity index (χ1n) is 6.71. The molecule has 0 spiro atoms. The van der Waals surface area contributed by atoms with Gasteiger partial charge in [0.1, 0.15) is 31.3 Å². The molecule has 0 saturated carbocycles. The van der Waals surface area contributed by atoms with Crippen molar-refractivity contribution in [3.63, 3.8) is 0 Å². The van der Waals surface area contributed by atoms with E-state index in [9.17, 15) is 0 Å². The molecule has 2 aromatic carbocycles. The van der Waals surface area contributed by atoms with Gasteiger partial charge in [-0.3, -0.25) is 0 Å². The Hall–Kier alpha value is -2.56. The number of anilines is 1. The Balaban J connectivity index is 1.72. The SMILES string of the molecule is COc1ccc(COc2cc3c(cc2N)OCCO3)cc1. The Kier molecular flexibility index (Phi) is 3.73. The minimum Gasteiger partial charge on any atom is -0.497 e. The first kappa shape index (κ1) is 13.4. The zero-order valence-electron chi connectivity index (χ0n) is 11.8. The van der Waals surface area contributed by atoms with Gasteiger partial charge in [0.2, 0.25) is 0 Å². The largest absolute Gasteiger partial charge is 0.497 e. The molecule has 1 heterocycles. The van der Waals surface area contributed by atoms with E-state index in [2.05, 4.69) is 0 Å². The molecule has 0 unspecified atom stereocenters. The third-order valence-corrected chi connectivity index (χ3v) is 3.23. The van der Waals surface area contributed by atoms with Crippen molar-refractivity contribution in [1.29, 1.82) is 0 Å². The Labute approximate surface area is 123 Å². The smallest absolute Gasteiger partial charge is 0.165 e. The summed E-state index contributed by atoms with van der Waals surface area (Å²) in [7, 11) is 1.64. The molecule has 5 heteroatoms. The van der Waals surface area contributed by atoms with Crippen molar-refractivity contribution in [2.75, 3.05) is 26.1 Å². The summed E-state index contributed by atoms with van der Waals surface area (Å²) in [6, 6.07) is 11.2. The van der Waals surface area contributed by atoms with E-state index in [1.807, 2.05) is 24.3 Å². The van der Waals surface area contributed by atoms with Crippen LogP contribution in [0.15, 0.2) is 36.4 Å². The maximum atomic E-state index is 5.97. The number of nitrogen functional groups attached to an aromatic ring is 1. The number of hydrogen-bond acceptors (Lipinski definition) is 5. The van der Waals surface area contributed by atoms with Crippen LogP contribution in [0.2, 0.25) is 0 Å². The highest BCUT2D eigenvalue weighted by molar-refractivity contribution is 5.62. The van der Waals surface area contributed by atoms with Gasteiger partial charge >= 0.3 is 0 Å². The molecule has 1 aliphatic heterocycles. The van der Waals surface area contributed by atoms with Gasteiger partial charge in [-0.05, 0) is 17.7 Å². The molecule has 0 atom stereocenters. The predicted octanol–water partition coefficient (Wildman–Crippen LogP) is 2.63. The maximum Gasteiger partial charge on any atom is 0.165 e. The summed E-state index contributed by atoms with van der Waals surface area (Å²) in [6.07, 6.45) is 0. The molecule has 5 nitrogen and oxygen atoms in total. The normalized spacial score (nSPS) is 12.8. The minimum absolute atomic E-state index is 0.424. The summed E-state index contributed by atoms with van der Waals surface area (Å²) >= 11 is 0. The van der Waals surface area contributed by atoms with Gasteiger partial charge in [-0.15, -0.1) is 0 Å². The van der Waals surface area contributed by atoms with E-state index in [4.69, 9.17) is 24.7 Å². The quantitative estimate of drug-likeness (QED) is 0.876. The molecular weight excluding hydrogens is 270 g/mol. The van der Waals surface area contributed by atoms with Crippen molar-refractivity contribution in [2.45, 2.75) is 6.61 Å². The fourth-order valence-electron chi connectivity index (χ4n) is 2.09. The molecule has 0 radical (unpaired) electrons. The van der Waals surface area contributed by atoms with Gasteiger partial charge in [-0.1, -0.05) is 12.1 Å². The summed E-state index contributed by atoms with van der Waals surface area (Å²) < 4.78 is 21.9. The average molecular weight is 287 g/mol. The fourth-order valence-corrected chi connectivity index (χ4v) is 2.09. The standard InChI is InChI=1S/C16H17NO4/c1-18-12-4-2-11(3-5-12)10-21-14-9-16-15(8-13(14)17)19-6-7-20-16/h2-5,8-9H,6-7,10,17H2,1H3. The molecule has 0 aromatic heterocycles. The molecule has 0 bridgehead atoms. The molecule has 0 amide bonds. The van der Waals surface area contributed by atoms with Gasteiger partial charge in [-0.2, -0.15) is 0 Å². The fraction of sp³-hybridized carbons (Fsp3) is 0.250. The summed E-state index contributed by atoms with van der Waals surface area (Å²) in [6.45, 7) is 1.50. The van der Waals surface area contributed by atoms with Crippen LogP contribution in [0.5, 0.6) is 23.0 Å². The molecule has 0 fully saturated rings. The summed E-state index contributed by atoms with van der Waals surface area (Å²) in [5.41, 5.74) is 7.54. The number of nitrogens with two attached hydrogens (primary N) is 1. The summed E-state index contributed by atoms with van der Waals surface area (Å²) in [5.74, 6) is 2.74. The monoisotopic (exact) mass is 287 g/mol. The number of fused-ring (bicyclic) bond motifs is 1. The topological polar surface area (TPSA) is 62.9 Å². The van der Waals surface area contributed by atoms with Crippen molar-refractivity contribution in [1.82, 2.24) is 0 Å². The Morgan fingerprint density at radius 3 is 2.38 bits per heavy atom. The second-order valence-corrected chi connectivity index (χ2v) is 4.67. The third-order valence-electron chi connectivity index (χ3n) is 3.23. The molecular formula is C16H17NO4. The highest BCUT2D eigenvalue weighted by Gasteiger charge is 2.15. The van der Waals surface area contributed by atoms with E-state index < -0.39 is 0 Å². The van der Waals surface area contributed by atoms with Crippen molar-refractivity contribution in [3.8, 4) is 23.0 Å². The minimum atomic E-state index is 0.424. The lowest BCUT2D eigenvalue weighted by Gasteiger charge is -2.20. The van der Waals surface area contributed by atoms with E-state index in [0.717, 1.165) is 11.3 Å². The number of benzene rings is 2. The van der Waals surface area contributed by atoms with Crippen molar-refractivity contribution < 1.29 is 18.9 Å². The molecule has 0 saturated heterocycles. The first-order chi connectivity index (χ1) is 10.3. The highest BCUT2D eigenvalue weighted by atomic mass is 16.6.